The second-order valence-electron chi connectivity index (χ2n) is 3.99. The molecule has 2 rings (SSSR count). The Hall–Kier alpha value is -1.35. The average molecular weight is 206 g/mol. The molecule has 0 fully saturated rings. The van der Waals surface area contributed by atoms with Gasteiger partial charge in [0.05, 0.1) is 0 Å². The van der Waals surface area contributed by atoms with E-state index in [0.717, 1.165) is 22.2 Å². The van der Waals surface area contributed by atoms with Gasteiger partial charge in [0, 0.05) is 16.6 Å². The van der Waals surface area contributed by atoms with Crippen LogP contribution in [0.15, 0.2) is 18.2 Å². The number of nitrogens with two attached hydrogens (primary N) is 1. The fourth-order valence-corrected chi connectivity index (χ4v) is 2.07. The molecule has 3 N–H and O–H groups in total. The molecule has 1 aromatic carbocycles. The van der Waals surface area contributed by atoms with Gasteiger partial charge in [-0.15, -0.1) is 0 Å². The lowest BCUT2D eigenvalue weighted by molar-refractivity contribution is 0.629. The number of aromatic amines is 1. The van der Waals surface area contributed by atoms with Gasteiger partial charge in [-0.25, -0.2) is 4.39 Å². The molecule has 80 valence electrons. The molecule has 0 saturated heterocycles. The van der Waals surface area contributed by atoms with Crippen molar-refractivity contribution in [1.82, 2.24) is 4.98 Å². The lowest BCUT2D eigenvalue weighted by atomic mass is 9.98. The summed E-state index contributed by atoms with van der Waals surface area (Å²) in [6.45, 7) is 4.63. The standard InChI is InChI=1S/C12H15FN2/c1-7(6-14)12-8(2)15-11-4-3-9(13)5-10(11)12/h3-5,7,15H,6,14H2,1-2H3. The Balaban J connectivity index is 2.70. The predicted octanol–water partition coefficient (Wildman–Crippen LogP) is 2.68. The first-order valence-corrected chi connectivity index (χ1v) is 5.11. The van der Waals surface area contributed by atoms with E-state index in [9.17, 15) is 4.39 Å². The van der Waals surface area contributed by atoms with E-state index in [0.29, 0.717) is 6.54 Å². The Bertz CT molecular complexity index is 488. The highest BCUT2D eigenvalue weighted by molar-refractivity contribution is 5.85. The minimum absolute atomic E-state index is 0.202. The first-order valence-electron chi connectivity index (χ1n) is 5.11. The maximum atomic E-state index is 13.1. The summed E-state index contributed by atoms with van der Waals surface area (Å²) in [5.74, 6) is 0.0486. The third-order valence-electron chi connectivity index (χ3n) is 2.84. The number of aromatic nitrogens is 1. The summed E-state index contributed by atoms with van der Waals surface area (Å²) >= 11 is 0. The molecular formula is C12H15FN2. The molecule has 0 bridgehead atoms. The van der Waals surface area contributed by atoms with Gasteiger partial charge in [0.15, 0.2) is 0 Å². The van der Waals surface area contributed by atoms with Gasteiger partial charge in [0.1, 0.15) is 5.82 Å². The van der Waals surface area contributed by atoms with Gasteiger partial charge in [-0.3, -0.25) is 0 Å². The number of hydrogen-bond donors (Lipinski definition) is 2. The molecule has 1 unspecified atom stereocenters. The molecule has 0 radical (unpaired) electrons. The molecule has 1 heterocycles. The van der Waals surface area contributed by atoms with Crippen molar-refractivity contribution >= 4 is 10.9 Å². The number of nitrogens with one attached hydrogen (secondary N) is 1. The summed E-state index contributed by atoms with van der Waals surface area (Å²) in [4.78, 5) is 3.25. The lowest BCUT2D eigenvalue weighted by Gasteiger charge is -2.08. The molecule has 15 heavy (non-hydrogen) atoms. The maximum absolute atomic E-state index is 13.1. The SMILES string of the molecule is Cc1[nH]c2ccc(F)cc2c1C(C)CN. The summed E-state index contributed by atoms with van der Waals surface area (Å²) in [5, 5.41) is 0.949. The second kappa shape index (κ2) is 3.66. The van der Waals surface area contributed by atoms with E-state index in [4.69, 9.17) is 5.73 Å². The number of halogens is 1. The van der Waals surface area contributed by atoms with Gasteiger partial charge in [-0.05, 0) is 43.1 Å². The van der Waals surface area contributed by atoms with Crippen molar-refractivity contribution in [3.8, 4) is 0 Å². The number of benzene rings is 1. The van der Waals surface area contributed by atoms with Crippen molar-refractivity contribution in [2.45, 2.75) is 19.8 Å². The monoisotopic (exact) mass is 206 g/mol. The van der Waals surface area contributed by atoms with Crippen molar-refractivity contribution < 1.29 is 4.39 Å². The largest absolute Gasteiger partial charge is 0.358 e. The number of hydrogen-bond acceptors (Lipinski definition) is 1. The van der Waals surface area contributed by atoms with E-state index in [2.05, 4.69) is 11.9 Å². The van der Waals surface area contributed by atoms with Crippen LogP contribution in [0.25, 0.3) is 10.9 Å². The second-order valence-corrected chi connectivity index (χ2v) is 3.99. The Morgan fingerprint density at radius 3 is 2.87 bits per heavy atom. The first-order chi connectivity index (χ1) is 7.13. The van der Waals surface area contributed by atoms with E-state index in [1.165, 1.54) is 6.07 Å². The van der Waals surface area contributed by atoms with Gasteiger partial charge in [-0.1, -0.05) is 6.92 Å². The zero-order chi connectivity index (χ0) is 11.0. The van der Waals surface area contributed by atoms with Gasteiger partial charge >= 0.3 is 0 Å². The summed E-state index contributed by atoms with van der Waals surface area (Å²) in [5.41, 5.74) is 8.84. The number of aryl methyl sites for hydroxylation is 1. The molecule has 0 saturated carbocycles. The van der Waals surface area contributed by atoms with Crippen molar-refractivity contribution in [3.63, 3.8) is 0 Å². The summed E-state index contributed by atoms with van der Waals surface area (Å²) < 4.78 is 13.1. The third-order valence-corrected chi connectivity index (χ3v) is 2.84. The lowest BCUT2D eigenvalue weighted by Crippen LogP contribution is -2.09. The number of fused-ring (bicyclic) bond motifs is 1. The van der Waals surface area contributed by atoms with Crippen LogP contribution in [0.4, 0.5) is 4.39 Å². The van der Waals surface area contributed by atoms with E-state index < -0.39 is 0 Å². The summed E-state index contributed by atoms with van der Waals surface area (Å²) in [6.07, 6.45) is 0. The highest BCUT2D eigenvalue weighted by atomic mass is 19.1. The van der Waals surface area contributed by atoms with Gasteiger partial charge < -0.3 is 10.7 Å². The fraction of sp³-hybridized carbons (Fsp3) is 0.333. The summed E-state index contributed by atoms with van der Waals surface area (Å²) in [7, 11) is 0. The summed E-state index contributed by atoms with van der Waals surface area (Å²) in [6, 6.07) is 4.81. The van der Waals surface area contributed by atoms with Crippen LogP contribution in [0.3, 0.4) is 0 Å². The molecular weight excluding hydrogens is 191 g/mol. The molecule has 2 nitrogen and oxygen atoms in total. The molecule has 1 atom stereocenters. The van der Waals surface area contributed by atoms with E-state index in [1.54, 1.807) is 12.1 Å². The van der Waals surface area contributed by atoms with Crippen molar-refractivity contribution in [1.29, 1.82) is 0 Å². The van der Waals surface area contributed by atoms with Gasteiger partial charge in [0.2, 0.25) is 0 Å². The van der Waals surface area contributed by atoms with E-state index >= 15 is 0 Å². The number of H-pyrrole nitrogens is 1. The van der Waals surface area contributed by atoms with Crippen LogP contribution in [-0.4, -0.2) is 11.5 Å². The molecule has 2 aromatic rings. The smallest absolute Gasteiger partial charge is 0.123 e. The Morgan fingerprint density at radius 2 is 2.20 bits per heavy atom. The van der Waals surface area contributed by atoms with Crippen LogP contribution in [0.1, 0.15) is 24.1 Å². The van der Waals surface area contributed by atoms with Crippen LogP contribution in [0.2, 0.25) is 0 Å². The highest BCUT2D eigenvalue weighted by Crippen LogP contribution is 2.28. The first kappa shape index (κ1) is 10.2. The molecule has 0 aliphatic carbocycles. The van der Waals surface area contributed by atoms with Crippen LogP contribution >= 0.6 is 0 Å². The van der Waals surface area contributed by atoms with Crippen LogP contribution in [0.5, 0.6) is 0 Å². The zero-order valence-corrected chi connectivity index (χ0v) is 8.97. The Kier molecular flexibility index (Phi) is 2.49. The van der Waals surface area contributed by atoms with Crippen LogP contribution < -0.4 is 5.73 Å². The fourth-order valence-electron chi connectivity index (χ4n) is 2.07. The molecule has 1 aromatic heterocycles. The molecule has 0 amide bonds. The quantitative estimate of drug-likeness (QED) is 0.779. The minimum Gasteiger partial charge on any atom is -0.358 e. The zero-order valence-electron chi connectivity index (χ0n) is 8.97. The van der Waals surface area contributed by atoms with Crippen molar-refractivity contribution in [3.05, 3.63) is 35.3 Å². The Morgan fingerprint density at radius 1 is 1.47 bits per heavy atom. The Labute approximate surface area is 88.3 Å². The molecule has 0 aliphatic heterocycles. The van der Waals surface area contributed by atoms with E-state index in [1.807, 2.05) is 6.92 Å². The number of rotatable bonds is 2. The topological polar surface area (TPSA) is 41.8 Å². The van der Waals surface area contributed by atoms with Gasteiger partial charge in [-0.2, -0.15) is 0 Å². The molecule has 3 heteroatoms. The highest BCUT2D eigenvalue weighted by Gasteiger charge is 2.14. The van der Waals surface area contributed by atoms with Crippen LogP contribution in [0, 0.1) is 12.7 Å². The van der Waals surface area contributed by atoms with E-state index in [-0.39, 0.29) is 11.7 Å². The average Bonchev–Trinajstić information content (AvgIpc) is 2.52. The predicted molar refractivity (Wildman–Crippen MR) is 60.5 cm³/mol. The normalized spacial score (nSPS) is 13.3. The minimum atomic E-state index is -0.202. The van der Waals surface area contributed by atoms with Crippen molar-refractivity contribution in [2.24, 2.45) is 5.73 Å². The molecule has 0 aliphatic rings. The van der Waals surface area contributed by atoms with Crippen molar-refractivity contribution in [2.75, 3.05) is 6.54 Å². The van der Waals surface area contributed by atoms with Crippen LogP contribution in [-0.2, 0) is 0 Å². The molecule has 0 spiro atoms. The maximum Gasteiger partial charge on any atom is 0.123 e. The van der Waals surface area contributed by atoms with Gasteiger partial charge in [0.25, 0.3) is 0 Å². The third kappa shape index (κ3) is 1.63.